The van der Waals surface area contributed by atoms with Gasteiger partial charge in [0.15, 0.2) is 0 Å². The molecule has 0 aliphatic heterocycles. The third-order valence-corrected chi connectivity index (χ3v) is 3.73. The van der Waals surface area contributed by atoms with Gasteiger partial charge in [0.25, 0.3) is 0 Å². The van der Waals surface area contributed by atoms with E-state index in [4.69, 9.17) is 4.42 Å². The van der Waals surface area contributed by atoms with E-state index in [9.17, 15) is 0 Å². The van der Waals surface area contributed by atoms with E-state index in [2.05, 4.69) is 40.8 Å². The minimum Gasteiger partial charge on any atom is -0.465 e. The molecule has 0 radical (unpaired) electrons. The predicted octanol–water partition coefficient (Wildman–Crippen LogP) is 3.00. The summed E-state index contributed by atoms with van der Waals surface area (Å²) in [5, 5.41) is 5.23. The van der Waals surface area contributed by atoms with Crippen molar-refractivity contribution in [2.45, 2.75) is 26.6 Å². The number of nitrogens with one attached hydrogen (secondary N) is 1. The Morgan fingerprint density at radius 3 is 2.89 bits per heavy atom. The lowest BCUT2D eigenvalue weighted by Gasteiger charge is -2.14. The van der Waals surface area contributed by atoms with Crippen LogP contribution in [0.5, 0.6) is 0 Å². The molecule has 0 bridgehead atoms. The summed E-state index contributed by atoms with van der Waals surface area (Å²) in [6, 6.07) is 6.43. The Labute approximate surface area is 112 Å². The molecule has 2 heterocycles. The summed E-state index contributed by atoms with van der Waals surface area (Å²) in [6.07, 6.45) is 0. The maximum absolute atomic E-state index is 5.70. The third kappa shape index (κ3) is 3.45. The normalized spacial score (nSPS) is 11.3. The molecule has 0 amide bonds. The fourth-order valence-electron chi connectivity index (χ4n) is 2.02. The van der Waals surface area contributed by atoms with Crippen LogP contribution in [0.3, 0.4) is 0 Å². The van der Waals surface area contributed by atoms with Gasteiger partial charge >= 0.3 is 0 Å². The van der Waals surface area contributed by atoms with Gasteiger partial charge in [0, 0.05) is 23.5 Å². The largest absolute Gasteiger partial charge is 0.465 e. The number of rotatable bonds is 6. The maximum atomic E-state index is 5.70. The quantitative estimate of drug-likeness (QED) is 0.869. The number of aryl methyl sites for hydroxylation is 1. The lowest BCUT2D eigenvalue weighted by Crippen LogP contribution is -2.16. The van der Waals surface area contributed by atoms with Gasteiger partial charge in [0.1, 0.15) is 11.5 Å². The molecule has 2 aromatic rings. The summed E-state index contributed by atoms with van der Waals surface area (Å²) >= 11 is 1.80. The topological polar surface area (TPSA) is 28.4 Å². The van der Waals surface area contributed by atoms with Crippen molar-refractivity contribution in [1.29, 1.82) is 0 Å². The monoisotopic (exact) mass is 264 g/mol. The van der Waals surface area contributed by atoms with Gasteiger partial charge in [0.2, 0.25) is 0 Å². The first-order chi connectivity index (χ1) is 8.69. The Balaban J connectivity index is 1.95. The highest BCUT2D eigenvalue weighted by Gasteiger charge is 2.10. The van der Waals surface area contributed by atoms with Gasteiger partial charge < -0.3 is 9.73 Å². The van der Waals surface area contributed by atoms with Crippen molar-refractivity contribution in [1.82, 2.24) is 10.2 Å². The van der Waals surface area contributed by atoms with Crippen molar-refractivity contribution in [3.63, 3.8) is 0 Å². The fraction of sp³-hybridized carbons (Fsp3) is 0.429. The summed E-state index contributed by atoms with van der Waals surface area (Å²) < 4.78 is 5.70. The molecular formula is C14H20N2OS. The average Bonchev–Trinajstić information content (AvgIpc) is 2.91. The van der Waals surface area contributed by atoms with Crippen LogP contribution >= 0.6 is 11.3 Å². The van der Waals surface area contributed by atoms with Crippen LogP contribution in [0, 0.1) is 6.92 Å². The number of thiophene rings is 1. The molecule has 0 saturated heterocycles. The first-order valence-corrected chi connectivity index (χ1v) is 7.00. The minimum atomic E-state index is 0.787. The summed E-state index contributed by atoms with van der Waals surface area (Å²) in [7, 11) is 4.07. The molecular weight excluding hydrogens is 244 g/mol. The zero-order valence-corrected chi connectivity index (χ0v) is 12.0. The predicted molar refractivity (Wildman–Crippen MR) is 75.7 cm³/mol. The fourth-order valence-corrected chi connectivity index (χ4v) is 2.81. The molecule has 4 heteroatoms. The molecule has 1 N–H and O–H groups in total. The standard InChI is InChI=1S/C14H20N2OS/c1-11-12(7-13(17-11)8-15-2)9-16(3)10-14-5-4-6-18-14/h4-7,15H,8-10H2,1-3H3. The van der Waals surface area contributed by atoms with Gasteiger partial charge in [-0.1, -0.05) is 6.07 Å². The van der Waals surface area contributed by atoms with Gasteiger partial charge in [-0.3, -0.25) is 4.90 Å². The van der Waals surface area contributed by atoms with Crippen molar-refractivity contribution in [2.75, 3.05) is 14.1 Å². The van der Waals surface area contributed by atoms with E-state index in [1.807, 2.05) is 14.0 Å². The number of nitrogens with zero attached hydrogens (tertiary/aromatic N) is 1. The van der Waals surface area contributed by atoms with E-state index in [1.54, 1.807) is 11.3 Å². The number of hydrogen-bond acceptors (Lipinski definition) is 4. The van der Waals surface area contributed by atoms with Crippen LogP contribution in [-0.4, -0.2) is 19.0 Å². The molecule has 2 rings (SSSR count). The molecule has 2 aromatic heterocycles. The van der Waals surface area contributed by atoms with Crippen molar-refractivity contribution < 1.29 is 4.42 Å². The molecule has 0 aromatic carbocycles. The van der Waals surface area contributed by atoms with Gasteiger partial charge in [0.05, 0.1) is 6.54 Å². The van der Waals surface area contributed by atoms with Gasteiger partial charge in [-0.15, -0.1) is 11.3 Å². The van der Waals surface area contributed by atoms with E-state index in [0.717, 1.165) is 31.2 Å². The summed E-state index contributed by atoms with van der Waals surface area (Å²) in [6.45, 7) is 4.74. The highest BCUT2D eigenvalue weighted by molar-refractivity contribution is 7.09. The zero-order chi connectivity index (χ0) is 13.0. The van der Waals surface area contributed by atoms with Crippen LogP contribution < -0.4 is 5.32 Å². The van der Waals surface area contributed by atoms with Gasteiger partial charge in [-0.2, -0.15) is 0 Å². The highest BCUT2D eigenvalue weighted by Crippen LogP contribution is 2.18. The Kier molecular flexibility index (Phi) is 4.58. The third-order valence-electron chi connectivity index (χ3n) is 2.87. The van der Waals surface area contributed by atoms with Crippen molar-refractivity contribution >= 4 is 11.3 Å². The second kappa shape index (κ2) is 6.18. The molecule has 0 unspecified atom stereocenters. The Hall–Kier alpha value is -1.10. The second-order valence-corrected chi connectivity index (χ2v) is 5.61. The van der Waals surface area contributed by atoms with Crippen LogP contribution in [0.2, 0.25) is 0 Å². The van der Waals surface area contributed by atoms with Crippen LogP contribution in [0.4, 0.5) is 0 Å². The minimum absolute atomic E-state index is 0.787. The lowest BCUT2D eigenvalue weighted by molar-refractivity contribution is 0.319. The number of furan rings is 1. The molecule has 3 nitrogen and oxygen atoms in total. The molecule has 0 fully saturated rings. The first kappa shape index (κ1) is 13.3. The lowest BCUT2D eigenvalue weighted by atomic mass is 10.2. The SMILES string of the molecule is CNCc1cc(CN(C)Cc2cccs2)c(C)o1. The summed E-state index contributed by atoms with van der Waals surface area (Å²) in [5.41, 5.74) is 1.28. The van der Waals surface area contributed by atoms with Crippen molar-refractivity contribution in [2.24, 2.45) is 0 Å². The molecule has 0 aliphatic rings. The zero-order valence-electron chi connectivity index (χ0n) is 11.2. The van der Waals surface area contributed by atoms with Crippen LogP contribution in [0.15, 0.2) is 28.0 Å². The molecule has 0 spiro atoms. The van der Waals surface area contributed by atoms with E-state index < -0.39 is 0 Å². The molecule has 0 atom stereocenters. The first-order valence-electron chi connectivity index (χ1n) is 6.12. The Morgan fingerprint density at radius 2 is 2.22 bits per heavy atom. The Bertz CT molecular complexity index is 476. The van der Waals surface area contributed by atoms with E-state index in [0.29, 0.717) is 0 Å². The highest BCUT2D eigenvalue weighted by atomic mass is 32.1. The summed E-state index contributed by atoms with van der Waals surface area (Å²) in [4.78, 5) is 3.71. The van der Waals surface area contributed by atoms with Crippen molar-refractivity contribution in [3.05, 3.63) is 45.5 Å². The van der Waals surface area contributed by atoms with Gasteiger partial charge in [-0.05, 0) is 38.5 Å². The van der Waals surface area contributed by atoms with Crippen LogP contribution in [0.25, 0.3) is 0 Å². The van der Waals surface area contributed by atoms with E-state index >= 15 is 0 Å². The smallest absolute Gasteiger partial charge is 0.118 e. The van der Waals surface area contributed by atoms with Crippen molar-refractivity contribution in [3.8, 4) is 0 Å². The van der Waals surface area contributed by atoms with Crippen LogP contribution in [-0.2, 0) is 19.6 Å². The Morgan fingerprint density at radius 1 is 1.39 bits per heavy atom. The molecule has 98 valence electrons. The van der Waals surface area contributed by atoms with E-state index in [1.165, 1.54) is 10.4 Å². The average molecular weight is 264 g/mol. The molecule has 0 saturated carbocycles. The number of hydrogen-bond donors (Lipinski definition) is 1. The van der Waals surface area contributed by atoms with Gasteiger partial charge in [-0.25, -0.2) is 0 Å². The molecule has 0 aliphatic carbocycles. The summed E-state index contributed by atoms with van der Waals surface area (Å²) in [5.74, 6) is 2.04. The van der Waals surface area contributed by atoms with Crippen LogP contribution in [0.1, 0.15) is 22.0 Å². The maximum Gasteiger partial charge on any atom is 0.118 e. The van der Waals surface area contributed by atoms with E-state index in [-0.39, 0.29) is 0 Å². The second-order valence-electron chi connectivity index (χ2n) is 4.58. The molecule has 18 heavy (non-hydrogen) atoms.